The Kier molecular flexibility index (Phi) is 6.16. The van der Waals surface area contributed by atoms with Crippen molar-refractivity contribution in [2.24, 2.45) is 5.14 Å². The van der Waals surface area contributed by atoms with Crippen LogP contribution in [0.2, 0.25) is 0 Å². The standard InChI is InChI=1S/C18H23N3O2S2/c1-4-14-7-5-6-8-17(14)20-18(24)21(3)13(2)15-9-11-16(12-10-15)25(19,22)23/h5-13H,4H2,1-3H3,(H,20,24)(H2,19,22,23)/t13-/m0/s1. The summed E-state index contributed by atoms with van der Waals surface area (Å²) < 4.78 is 22.7. The van der Waals surface area contributed by atoms with Gasteiger partial charge in [0.1, 0.15) is 0 Å². The largest absolute Gasteiger partial charge is 0.345 e. The zero-order chi connectivity index (χ0) is 18.6. The van der Waals surface area contributed by atoms with E-state index in [0.29, 0.717) is 5.11 Å². The minimum atomic E-state index is -3.68. The summed E-state index contributed by atoms with van der Waals surface area (Å²) in [5, 5.41) is 9.03. The average Bonchev–Trinajstić information content (AvgIpc) is 2.60. The lowest BCUT2D eigenvalue weighted by Gasteiger charge is -2.28. The Morgan fingerprint density at radius 2 is 1.80 bits per heavy atom. The molecule has 0 aliphatic rings. The Morgan fingerprint density at radius 1 is 1.20 bits per heavy atom. The summed E-state index contributed by atoms with van der Waals surface area (Å²) in [6.07, 6.45) is 0.917. The Morgan fingerprint density at radius 3 is 2.36 bits per heavy atom. The molecule has 7 heteroatoms. The molecule has 0 fully saturated rings. The second kappa shape index (κ2) is 7.95. The van der Waals surface area contributed by atoms with E-state index in [1.807, 2.05) is 37.1 Å². The Balaban J connectivity index is 2.13. The predicted octanol–water partition coefficient (Wildman–Crippen LogP) is 3.29. The maximum Gasteiger partial charge on any atom is 0.238 e. The fourth-order valence-electron chi connectivity index (χ4n) is 2.49. The summed E-state index contributed by atoms with van der Waals surface area (Å²) >= 11 is 5.53. The first kappa shape index (κ1) is 19.4. The lowest BCUT2D eigenvalue weighted by atomic mass is 10.1. The molecule has 0 amide bonds. The topological polar surface area (TPSA) is 75.4 Å². The van der Waals surface area contributed by atoms with E-state index in [4.69, 9.17) is 17.4 Å². The molecule has 0 aromatic heterocycles. The third kappa shape index (κ3) is 4.78. The maximum absolute atomic E-state index is 11.4. The van der Waals surface area contributed by atoms with Crippen LogP contribution in [0.25, 0.3) is 0 Å². The van der Waals surface area contributed by atoms with Gasteiger partial charge in [-0.05, 0) is 54.9 Å². The van der Waals surface area contributed by atoms with E-state index < -0.39 is 10.0 Å². The van der Waals surface area contributed by atoms with Gasteiger partial charge in [-0.25, -0.2) is 13.6 Å². The van der Waals surface area contributed by atoms with E-state index in [0.717, 1.165) is 17.7 Å². The van der Waals surface area contributed by atoms with Gasteiger partial charge in [-0.1, -0.05) is 37.3 Å². The van der Waals surface area contributed by atoms with Gasteiger partial charge < -0.3 is 10.2 Å². The zero-order valence-electron chi connectivity index (χ0n) is 14.6. The smallest absolute Gasteiger partial charge is 0.238 e. The molecule has 2 rings (SSSR count). The van der Waals surface area contributed by atoms with E-state index >= 15 is 0 Å². The first-order valence-electron chi connectivity index (χ1n) is 7.98. The molecule has 134 valence electrons. The minimum Gasteiger partial charge on any atom is -0.345 e. The van der Waals surface area contributed by atoms with Crippen molar-refractivity contribution in [3.63, 3.8) is 0 Å². The summed E-state index contributed by atoms with van der Waals surface area (Å²) in [4.78, 5) is 2.04. The third-order valence-corrected chi connectivity index (χ3v) is 5.55. The van der Waals surface area contributed by atoms with E-state index in [-0.39, 0.29) is 10.9 Å². The van der Waals surface area contributed by atoms with Crippen LogP contribution < -0.4 is 10.5 Å². The zero-order valence-corrected chi connectivity index (χ0v) is 16.2. The molecule has 0 saturated heterocycles. The lowest BCUT2D eigenvalue weighted by Crippen LogP contribution is -2.33. The van der Waals surface area contributed by atoms with Crippen LogP contribution in [0.4, 0.5) is 5.69 Å². The molecular formula is C18H23N3O2S2. The fraction of sp³-hybridized carbons (Fsp3) is 0.278. The second-order valence-electron chi connectivity index (χ2n) is 5.84. The summed E-state index contributed by atoms with van der Waals surface area (Å²) in [5.74, 6) is 0. The van der Waals surface area contributed by atoms with Gasteiger partial charge in [0.25, 0.3) is 0 Å². The Hall–Kier alpha value is -1.96. The number of nitrogens with zero attached hydrogens (tertiary/aromatic N) is 1. The number of rotatable bonds is 5. The van der Waals surface area contributed by atoms with Crippen molar-refractivity contribution in [1.29, 1.82) is 0 Å². The van der Waals surface area contributed by atoms with Gasteiger partial charge in [0.05, 0.1) is 10.9 Å². The van der Waals surface area contributed by atoms with Gasteiger partial charge in [0.2, 0.25) is 10.0 Å². The maximum atomic E-state index is 11.4. The van der Waals surface area contributed by atoms with Gasteiger partial charge >= 0.3 is 0 Å². The van der Waals surface area contributed by atoms with Crippen molar-refractivity contribution in [1.82, 2.24) is 4.90 Å². The molecule has 5 nitrogen and oxygen atoms in total. The normalized spacial score (nSPS) is 12.5. The Bertz CT molecular complexity index is 849. The number of hydrogen-bond acceptors (Lipinski definition) is 3. The van der Waals surface area contributed by atoms with Crippen LogP contribution in [0.5, 0.6) is 0 Å². The molecule has 0 unspecified atom stereocenters. The highest BCUT2D eigenvalue weighted by Crippen LogP contribution is 2.22. The molecule has 0 aliphatic carbocycles. The van der Waals surface area contributed by atoms with E-state index in [1.54, 1.807) is 12.1 Å². The highest BCUT2D eigenvalue weighted by molar-refractivity contribution is 7.89. The van der Waals surface area contributed by atoms with Gasteiger partial charge in [-0.3, -0.25) is 0 Å². The van der Waals surface area contributed by atoms with Crippen molar-refractivity contribution in [2.75, 3.05) is 12.4 Å². The van der Waals surface area contributed by atoms with Crippen molar-refractivity contribution in [3.05, 3.63) is 59.7 Å². The number of nitrogens with two attached hydrogens (primary N) is 1. The quantitative estimate of drug-likeness (QED) is 0.782. The SMILES string of the molecule is CCc1ccccc1NC(=S)N(C)[C@@H](C)c1ccc(S(N)(=O)=O)cc1. The molecule has 3 N–H and O–H groups in total. The number of primary sulfonamides is 1. The molecule has 2 aromatic rings. The number of nitrogens with one attached hydrogen (secondary N) is 1. The number of para-hydroxylation sites is 1. The van der Waals surface area contributed by atoms with E-state index in [1.165, 1.54) is 17.7 Å². The first-order valence-corrected chi connectivity index (χ1v) is 9.94. The van der Waals surface area contributed by atoms with Gasteiger partial charge in [-0.2, -0.15) is 0 Å². The molecule has 0 spiro atoms. The molecule has 0 heterocycles. The first-order chi connectivity index (χ1) is 11.7. The van der Waals surface area contributed by atoms with Crippen LogP contribution in [0.3, 0.4) is 0 Å². The van der Waals surface area contributed by atoms with E-state index in [9.17, 15) is 8.42 Å². The average molecular weight is 378 g/mol. The van der Waals surface area contributed by atoms with E-state index in [2.05, 4.69) is 18.3 Å². The summed E-state index contributed by atoms with van der Waals surface area (Å²) in [6, 6.07) is 14.6. The van der Waals surface area contributed by atoms with Crippen LogP contribution in [-0.2, 0) is 16.4 Å². The molecule has 1 atom stereocenters. The second-order valence-corrected chi connectivity index (χ2v) is 7.79. The lowest BCUT2D eigenvalue weighted by molar-refractivity contribution is 0.408. The van der Waals surface area contributed by atoms with Crippen LogP contribution in [0.15, 0.2) is 53.4 Å². The summed E-state index contributed by atoms with van der Waals surface area (Å²) in [7, 11) is -1.78. The third-order valence-electron chi connectivity index (χ3n) is 4.23. The molecule has 0 radical (unpaired) electrons. The Labute approximate surface area is 154 Å². The van der Waals surface area contributed by atoms with Gasteiger partial charge in [0, 0.05) is 12.7 Å². The van der Waals surface area contributed by atoms with Crippen LogP contribution >= 0.6 is 12.2 Å². The number of aryl methyl sites for hydroxylation is 1. The highest BCUT2D eigenvalue weighted by Gasteiger charge is 2.16. The minimum absolute atomic E-state index is 0.0247. The number of sulfonamides is 1. The fourth-order valence-corrected chi connectivity index (χ4v) is 3.27. The highest BCUT2D eigenvalue weighted by atomic mass is 32.2. The van der Waals surface area contributed by atoms with Gasteiger partial charge in [-0.15, -0.1) is 0 Å². The van der Waals surface area contributed by atoms with Gasteiger partial charge in [0.15, 0.2) is 5.11 Å². The number of thiocarbonyl (C=S) groups is 1. The van der Waals surface area contributed by atoms with Crippen LogP contribution in [-0.4, -0.2) is 25.5 Å². The molecule has 0 saturated carbocycles. The van der Waals surface area contributed by atoms with Crippen molar-refractivity contribution >= 4 is 33.0 Å². The monoisotopic (exact) mass is 377 g/mol. The predicted molar refractivity (Wildman–Crippen MR) is 106 cm³/mol. The molecule has 0 aliphatic heterocycles. The summed E-state index contributed by atoms with van der Waals surface area (Å²) in [5.41, 5.74) is 3.14. The molecule has 25 heavy (non-hydrogen) atoms. The van der Waals surface area contributed by atoms with Crippen molar-refractivity contribution in [2.45, 2.75) is 31.2 Å². The molecule has 0 bridgehead atoms. The van der Waals surface area contributed by atoms with Crippen LogP contribution in [0.1, 0.15) is 31.0 Å². The van der Waals surface area contributed by atoms with Crippen molar-refractivity contribution in [3.8, 4) is 0 Å². The summed E-state index contributed by atoms with van der Waals surface area (Å²) in [6.45, 7) is 4.11. The number of anilines is 1. The number of benzene rings is 2. The van der Waals surface area contributed by atoms with Crippen molar-refractivity contribution < 1.29 is 8.42 Å². The molecule has 2 aromatic carbocycles. The number of hydrogen-bond donors (Lipinski definition) is 2. The van der Waals surface area contributed by atoms with Crippen LogP contribution in [0, 0.1) is 0 Å². The molecular weight excluding hydrogens is 354 g/mol.